The third-order valence-electron chi connectivity index (χ3n) is 3.88. The maximum absolute atomic E-state index is 12.7. The highest BCUT2D eigenvalue weighted by molar-refractivity contribution is 6.45. The number of hydrogen-bond acceptors (Lipinski definition) is 2. The van der Waals surface area contributed by atoms with E-state index in [0.717, 1.165) is 24.1 Å². The molecule has 3 aliphatic rings. The molecule has 1 aromatic carbocycles. The Bertz CT molecular complexity index is 504. The zero-order valence-electron chi connectivity index (χ0n) is 11.1. The second-order valence-corrected chi connectivity index (χ2v) is 5.28. The van der Waals surface area contributed by atoms with Crippen LogP contribution < -0.4 is 4.74 Å². The number of hydrogen-bond donors (Lipinski definition) is 0. The molecule has 1 aromatic rings. The first-order valence-electron chi connectivity index (χ1n) is 6.81. The standard InChI is InChI=1S/C14H15BF3O2/c1-2-5-19-13-10-7-20-11-6-8(14(16,17)18)3-4-9(11)12(13)15-10/h3-4,6,10,12-13H,2,5,7H2,1H3. The van der Waals surface area contributed by atoms with Gasteiger partial charge in [-0.1, -0.05) is 13.0 Å². The quantitative estimate of drug-likeness (QED) is 0.791. The topological polar surface area (TPSA) is 18.5 Å². The van der Waals surface area contributed by atoms with Crippen molar-refractivity contribution in [2.75, 3.05) is 13.2 Å². The molecule has 0 N–H and O–H groups in total. The first-order chi connectivity index (χ1) is 9.50. The lowest BCUT2D eigenvalue weighted by Gasteiger charge is -2.41. The first-order valence-corrected chi connectivity index (χ1v) is 6.81. The highest BCUT2D eigenvalue weighted by Crippen LogP contribution is 2.48. The average molecular weight is 283 g/mol. The minimum atomic E-state index is -4.34. The predicted molar refractivity (Wildman–Crippen MR) is 69.2 cm³/mol. The van der Waals surface area contributed by atoms with Crippen LogP contribution in [-0.4, -0.2) is 26.6 Å². The van der Waals surface area contributed by atoms with Gasteiger partial charge in [0.2, 0.25) is 0 Å². The molecule has 4 rings (SSSR count). The fourth-order valence-electron chi connectivity index (χ4n) is 2.82. The van der Waals surface area contributed by atoms with Gasteiger partial charge >= 0.3 is 6.18 Å². The van der Waals surface area contributed by atoms with Crippen molar-refractivity contribution in [3.63, 3.8) is 0 Å². The minimum absolute atomic E-state index is 0.0351. The van der Waals surface area contributed by atoms with Crippen molar-refractivity contribution >= 4 is 7.28 Å². The molecule has 1 saturated heterocycles. The van der Waals surface area contributed by atoms with E-state index in [-0.39, 0.29) is 17.7 Å². The van der Waals surface area contributed by atoms with Gasteiger partial charge in [-0.05, 0) is 35.8 Å². The Morgan fingerprint density at radius 2 is 2.20 bits per heavy atom. The van der Waals surface area contributed by atoms with E-state index >= 15 is 0 Å². The minimum Gasteiger partial charge on any atom is -0.494 e. The second kappa shape index (κ2) is 4.99. The van der Waals surface area contributed by atoms with Crippen molar-refractivity contribution < 1.29 is 22.6 Å². The average Bonchev–Trinajstić information content (AvgIpc) is 2.64. The van der Waals surface area contributed by atoms with Gasteiger partial charge in [-0.3, -0.25) is 0 Å². The Morgan fingerprint density at radius 3 is 2.90 bits per heavy atom. The molecule has 0 aliphatic carbocycles. The van der Waals surface area contributed by atoms with Crippen molar-refractivity contribution in [3.8, 4) is 5.75 Å². The summed E-state index contributed by atoms with van der Waals surface area (Å²) in [6, 6.07) is 3.73. The van der Waals surface area contributed by atoms with Crippen LogP contribution in [0.25, 0.3) is 0 Å². The van der Waals surface area contributed by atoms with Crippen LogP contribution in [-0.2, 0) is 10.9 Å². The monoisotopic (exact) mass is 283 g/mol. The van der Waals surface area contributed by atoms with Crippen LogP contribution in [0.15, 0.2) is 18.2 Å². The van der Waals surface area contributed by atoms with Crippen LogP contribution in [0.4, 0.5) is 13.2 Å². The Kier molecular flexibility index (Phi) is 3.44. The summed E-state index contributed by atoms with van der Waals surface area (Å²) in [6.45, 7) is 3.09. The van der Waals surface area contributed by atoms with Gasteiger partial charge in [0.05, 0.1) is 18.3 Å². The lowest BCUT2D eigenvalue weighted by Crippen LogP contribution is -2.46. The normalized spacial score (nSPS) is 27.7. The molecule has 2 bridgehead atoms. The fourth-order valence-corrected chi connectivity index (χ4v) is 2.82. The second-order valence-electron chi connectivity index (χ2n) is 5.28. The summed E-state index contributed by atoms with van der Waals surface area (Å²) in [6.07, 6.45) is -3.38. The molecular weight excluding hydrogens is 268 g/mol. The molecule has 2 nitrogen and oxygen atoms in total. The van der Waals surface area contributed by atoms with E-state index in [4.69, 9.17) is 9.47 Å². The van der Waals surface area contributed by atoms with Gasteiger partial charge in [0.25, 0.3) is 0 Å². The Morgan fingerprint density at radius 1 is 1.40 bits per heavy atom. The lowest BCUT2D eigenvalue weighted by molar-refractivity contribution is -0.137. The predicted octanol–water partition coefficient (Wildman–Crippen LogP) is 3.44. The third kappa shape index (κ3) is 2.30. The van der Waals surface area contributed by atoms with Gasteiger partial charge < -0.3 is 9.47 Å². The summed E-state index contributed by atoms with van der Waals surface area (Å²) < 4.78 is 49.5. The van der Waals surface area contributed by atoms with E-state index in [1.807, 2.05) is 6.92 Å². The van der Waals surface area contributed by atoms with Crippen LogP contribution in [0, 0.1) is 0 Å². The van der Waals surface area contributed by atoms with E-state index in [1.54, 1.807) is 0 Å². The van der Waals surface area contributed by atoms with Gasteiger partial charge in [0.15, 0.2) is 0 Å². The summed E-state index contributed by atoms with van der Waals surface area (Å²) in [4.78, 5) is 0. The van der Waals surface area contributed by atoms with Gasteiger partial charge in [-0.2, -0.15) is 13.2 Å². The van der Waals surface area contributed by atoms with Gasteiger partial charge in [0, 0.05) is 6.61 Å². The van der Waals surface area contributed by atoms with Crippen molar-refractivity contribution in [3.05, 3.63) is 29.3 Å². The van der Waals surface area contributed by atoms with E-state index in [0.29, 0.717) is 19.0 Å². The number of fused-ring (bicyclic) bond motifs is 1. The van der Waals surface area contributed by atoms with Crippen molar-refractivity contribution in [2.45, 2.75) is 37.3 Å². The smallest absolute Gasteiger partial charge is 0.416 e. The van der Waals surface area contributed by atoms with Crippen molar-refractivity contribution in [2.24, 2.45) is 0 Å². The number of benzene rings is 1. The molecule has 1 fully saturated rings. The van der Waals surface area contributed by atoms with Crippen LogP contribution in [0.5, 0.6) is 5.75 Å². The van der Waals surface area contributed by atoms with Crippen LogP contribution >= 0.6 is 0 Å². The van der Waals surface area contributed by atoms with Crippen molar-refractivity contribution in [1.82, 2.24) is 0 Å². The molecule has 107 valence electrons. The molecule has 0 saturated carbocycles. The third-order valence-corrected chi connectivity index (χ3v) is 3.88. The summed E-state index contributed by atoms with van der Waals surface area (Å²) in [5.41, 5.74) is 0.134. The zero-order chi connectivity index (χ0) is 14.3. The Balaban J connectivity index is 1.87. The Labute approximate surface area is 116 Å². The molecule has 1 radical (unpaired) electrons. The fraction of sp³-hybridized carbons (Fsp3) is 0.571. The maximum Gasteiger partial charge on any atom is 0.416 e. The molecule has 3 heterocycles. The SMILES string of the molecule is CCCOC1C2[B]C1c1ccc(C(F)(F)F)cc1OC2. The van der Waals surface area contributed by atoms with Gasteiger partial charge in [-0.25, -0.2) is 0 Å². The van der Waals surface area contributed by atoms with E-state index in [1.165, 1.54) is 6.07 Å². The summed E-state index contributed by atoms with van der Waals surface area (Å²) in [5, 5.41) is 0. The van der Waals surface area contributed by atoms with Gasteiger partial charge in [0.1, 0.15) is 13.0 Å². The summed E-state index contributed by atoms with van der Waals surface area (Å²) >= 11 is 0. The number of rotatable bonds is 3. The molecule has 20 heavy (non-hydrogen) atoms. The number of ether oxygens (including phenoxy) is 2. The molecule has 0 aromatic heterocycles. The molecule has 0 spiro atoms. The maximum atomic E-state index is 12.7. The summed E-state index contributed by atoms with van der Waals surface area (Å²) in [7, 11) is 2.11. The first kappa shape index (κ1) is 13.8. The largest absolute Gasteiger partial charge is 0.494 e. The van der Waals surface area contributed by atoms with E-state index in [2.05, 4.69) is 7.28 Å². The molecule has 0 amide bonds. The molecule has 3 aliphatic heterocycles. The van der Waals surface area contributed by atoms with Crippen LogP contribution in [0.2, 0.25) is 5.82 Å². The van der Waals surface area contributed by atoms with Gasteiger partial charge in [-0.15, -0.1) is 0 Å². The highest BCUT2D eigenvalue weighted by atomic mass is 19.4. The van der Waals surface area contributed by atoms with E-state index in [9.17, 15) is 13.2 Å². The van der Waals surface area contributed by atoms with Crippen LogP contribution in [0.1, 0.15) is 30.3 Å². The number of halogens is 3. The summed E-state index contributed by atoms with van der Waals surface area (Å²) in [5.74, 6) is 0.561. The van der Waals surface area contributed by atoms with Crippen LogP contribution in [0.3, 0.4) is 0 Å². The zero-order valence-corrected chi connectivity index (χ0v) is 11.1. The molecule has 3 atom stereocenters. The molecular formula is C14H15BF3O2. The highest BCUT2D eigenvalue weighted by Gasteiger charge is 2.47. The lowest BCUT2D eigenvalue weighted by atomic mass is 9.38. The molecule has 6 heteroatoms. The molecule has 3 unspecified atom stereocenters. The van der Waals surface area contributed by atoms with Crippen molar-refractivity contribution in [1.29, 1.82) is 0 Å². The van der Waals surface area contributed by atoms with E-state index < -0.39 is 11.7 Å². The Hall–Kier alpha value is -1.17. The number of alkyl halides is 3.